The maximum atomic E-state index is 11.9. The molecule has 0 spiro atoms. The van der Waals surface area contributed by atoms with Gasteiger partial charge in [0, 0.05) is 5.69 Å². The Hall–Kier alpha value is -2.11. The Labute approximate surface area is 164 Å². The van der Waals surface area contributed by atoms with Gasteiger partial charge in [0.25, 0.3) is 0 Å². The van der Waals surface area contributed by atoms with E-state index in [2.05, 4.69) is 49.6 Å². The van der Waals surface area contributed by atoms with Crippen LogP contribution in [-0.4, -0.2) is 17.7 Å². The highest BCUT2D eigenvalue weighted by molar-refractivity contribution is 7.80. The SMILES string of the molecule is CCOC(=O)c1cc(NC(=S)NC(C)c2ccc(C)cc2C)ccc1Cl. The van der Waals surface area contributed by atoms with Crippen molar-refractivity contribution in [2.45, 2.75) is 33.7 Å². The molecule has 0 aliphatic heterocycles. The Morgan fingerprint density at radius 3 is 2.62 bits per heavy atom. The fourth-order valence-electron chi connectivity index (χ4n) is 2.72. The van der Waals surface area contributed by atoms with Gasteiger partial charge in [-0.25, -0.2) is 4.79 Å². The predicted molar refractivity (Wildman–Crippen MR) is 111 cm³/mol. The summed E-state index contributed by atoms with van der Waals surface area (Å²) in [5, 5.41) is 7.17. The minimum absolute atomic E-state index is 0.0485. The number of esters is 1. The molecule has 138 valence electrons. The number of hydrogen-bond acceptors (Lipinski definition) is 3. The summed E-state index contributed by atoms with van der Waals surface area (Å²) in [5.41, 5.74) is 4.60. The minimum Gasteiger partial charge on any atom is -0.462 e. The third-order valence-electron chi connectivity index (χ3n) is 3.96. The second kappa shape index (κ2) is 9.01. The molecule has 2 aromatic rings. The topological polar surface area (TPSA) is 50.4 Å². The molecule has 6 heteroatoms. The maximum absolute atomic E-state index is 11.9. The van der Waals surface area contributed by atoms with Gasteiger partial charge < -0.3 is 15.4 Å². The van der Waals surface area contributed by atoms with Gasteiger partial charge in [-0.2, -0.15) is 0 Å². The minimum atomic E-state index is -0.455. The Balaban J connectivity index is 2.07. The van der Waals surface area contributed by atoms with Gasteiger partial charge >= 0.3 is 5.97 Å². The molecule has 0 amide bonds. The standard InChI is InChI=1S/C20H23ClN2O2S/c1-5-25-19(24)17-11-15(7-9-18(17)21)23-20(26)22-14(4)16-8-6-12(2)10-13(16)3/h6-11,14H,5H2,1-4H3,(H2,22,23,26). The zero-order chi connectivity index (χ0) is 19.3. The molecule has 0 aliphatic carbocycles. The van der Waals surface area contributed by atoms with E-state index in [0.29, 0.717) is 28.0 Å². The molecule has 4 nitrogen and oxygen atoms in total. The van der Waals surface area contributed by atoms with E-state index in [9.17, 15) is 4.79 Å². The monoisotopic (exact) mass is 390 g/mol. The van der Waals surface area contributed by atoms with Crippen molar-refractivity contribution in [1.29, 1.82) is 0 Å². The van der Waals surface area contributed by atoms with Gasteiger partial charge in [-0.05, 0) is 69.2 Å². The van der Waals surface area contributed by atoms with Crippen molar-refractivity contribution < 1.29 is 9.53 Å². The molecule has 26 heavy (non-hydrogen) atoms. The van der Waals surface area contributed by atoms with Crippen molar-refractivity contribution in [2.75, 3.05) is 11.9 Å². The van der Waals surface area contributed by atoms with Crippen molar-refractivity contribution in [3.8, 4) is 0 Å². The third-order valence-corrected chi connectivity index (χ3v) is 4.51. The molecule has 2 N–H and O–H groups in total. The first kappa shape index (κ1) is 20.2. The Bertz CT molecular complexity index is 823. The first-order chi connectivity index (χ1) is 12.3. The van der Waals surface area contributed by atoms with Crippen molar-refractivity contribution >= 4 is 40.6 Å². The maximum Gasteiger partial charge on any atom is 0.339 e. The van der Waals surface area contributed by atoms with E-state index in [4.69, 9.17) is 28.6 Å². The molecule has 0 radical (unpaired) electrons. The van der Waals surface area contributed by atoms with Crippen molar-refractivity contribution in [2.24, 2.45) is 0 Å². The lowest BCUT2D eigenvalue weighted by molar-refractivity contribution is 0.0526. The van der Waals surface area contributed by atoms with Crippen LogP contribution in [0, 0.1) is 13.8 Å². The Morgan fingerprint density at radius 2 is 1.96 bits per heavy atom. The molecule has 0 aliphatic rings. The molecule has 1 unspecified atom stereocenters. The van der Waals surface area contributed by atoms with E-state index < -0.39 is 5.97 Å². The number of carbonyl (C=O) groups is 1. The number of rotatable bonds is 5. The van der Waals surface area contributed by atoms with E-state index in [1.165, 1.54) is 16.7 Å². The molecule has 0 fully saturated rings. The molecular formula is C20H23ClN2O2S. The first-order valence-electron chi connectivity index (χ1n) is 8.43. The number of carbonyl (C=O) groups excluding carboxylic acids is 1. The zero-order valence-electron chi connectivity index (χ0n) is 15.4. The normalized spacial score (nSPS) is 11.6. The average molecular weight is 391 g/mol. The van der Waals surface area contributed by atoms with E-state index in [0.717, 1.165) is 0 Å². The quantitative estimate of drug-likeness (QED) is 0.544. The lowest BCUT2D eigenvalue weighted by Crippen LogP contribution is -2.31. The van der Waals surface area contributed by atoms with Crippen LogP contribution in [0.15, 0.2) is 36.4 Å². The van der Waals surface area contributed by atoms with Gasteiger partial charge in [-0.15, -0.1) is 0 Å². The summed E-state index contributed by atoms with van der Waals surface area (Å²) in [6, 6.07) is 11.4. The van der Waals surface area contributed by atoms with E-state index >= 15 is 0 Å². The van der Waals surface area contributed by atoms with Crippen LogP contribution in [0.2, 0.25) is 5.02 Å². The fourth-order valence-corrected chi connectivity index (χ4v) is 3.21. The number of halogens is 1. The fraction of sp³-hybridized carbons (Fsp3) is 0.300. The molecule has 0 saturated heterocycles. The molecule has 0 saturated carbocycles. The number of thiocarbonyl (C=S) groups is 1. The summed E-state index contributed by atoms with van der Waals surface area (Å²) in [6.45, 7) is 8.25. The lowest BCUT2D eigenvalue weighted by atomic mass is 10.0. The molecule has 1 atom stereocenters. The van der Waals surface area contributed by atoms with Crippen LogP contribution in [0.5, 0.6) is 0 Å². The highest BCUT2D eigenvalue weighted by Gasteiger charge is 2.14. The molecule has 0 heterocycles. The predicted octanol–water partition coefficient (Wildman–Crippen LogP) is 5.18. The van der Waals surface area contributed by atoms with Crippen LogP contribution < -0.4 is 10.6 Å². The first-order valence-corrected chi connectivity index (χ1v) is 9.21. The van der Waals surface area contributed by atoms with Crippen molar-refractivity contribution in [1.82, 2.24) is 5.32 Å². The van der Waals surface area contributed by atoms with Gasteiger partial charge in [0.1, 0.15) is 0 Å². The highest BCUT2D eigenvalue weighted by atomic mass is 35.5. The summed E-state index contributed by atoms with van der Waals surface area (Å²) < 4.78 is 5.01. The van der Waals surface area contributed by atoms with E-state index in [1.54, 1.807) is 25.1 Å². The van der Waals surface area contributed by atoms with Crippen LogP contribution >= 0.6 is 23.8 Å². The summed E-state index contributed by atoms with van der Waals surface area (Å²) in [7, 11) is 0. The van der Waals surface area contributed by atoms with Crippen LogP contribution in [0.25, 0.3) is 0 Å². The van der Waals surface area contributed by atoms with E-state index in [1.807, 2.05) is 0 Å². The smallest absolute Gasteiger partial charge is 0.339 e. The summed E-state index contributed by atoms with van der Waals surface area (Å²) >= 11 is 11.5. The number of anilines is 1. The van der Waals surface area contributed by atoms with Gasteiger partial charge in [0.2, 0.25) is 0 Å². The second-order valence-corrected chi connectivity index (χ2v) is 6.91. The molecule has 0 aromatic heterocycles. The highest BCUT2D eigenvalue weighted by Crippen LogP contribution is 2.22. The summed E-state index contributed by atoms with van der Waals surface area (Å²) in [6.07, 6.45) is 0. The molecule has 2 rings (SSSR count). The Morgan fingerprint density at radius 1 is 1.23 bits per heavy atom. The number of nitrogens with one attached hydrogen (secondary N) is 2. The molecule has 2 aromatic carbocycles. The summed E-state index contributed by atoms with van der Waals surface area (Å²) in [4.78, 5) is 11.9. The third kappa shape index (κ3) is 5.19. The molecular weight excluding hydrogens is 368 g/mol. The Kier molecular flexibility index (Phi) is 7.00. The second-order valence-electron chi connectivity index (χ2n) is 6.10. The number of aryl methyl sites for hydroxylation is 2. The number of benzene rings is 2. The number of hydrogen-bond donors (Lipinski definition) is 2. The van der Waals surface area contributed by atoms with Gasteiger partial charge in [0.15, 0.2) is 5.11 Å². The van der Waals surface area contributed by atoms with Gasteiger partial charge in [-0.3, -0.25) is 0 Å². The van der Waals surface area contributed by atoms with E-state index in [-0.39, 0.29) is 6.04 Å². The zero-order valence-corrected chi connectivity index (χ0v) is 16.9. The van der Waals surface area contributed by atoms with Crippen LogP contribution in [0.3, 0.4) is 0 Å². The largest absolute Gasteiger partial charge is 0.462 e. The molecule has 0 bridgehead atoms. The van der Waals surface area contributed by atoms with Crippen molar-refractivity contribution in [3.05, 3.63) is 63.7 Å². The van der Waals surface area contributed by atoms with Gasteiger partial charge in [0.05, 0.1) is 23.2 Å². The average Bonchev–Trinajstić information content (AvgIpc) is 2.56. The lowest BCUT2D eigenvalue weighted by Gasteiger charge is -2.20. The van der Waals surface area contributed by atoms with Gasteiger partial charge in [-0.1, -0.05) is 35.4 Å². The van der Waals surface area contributed by atoms with Crippen molar-refractivity contribution in [3.63, 3.8) is 0 Å². The van der Waals surface area contributed by atoms with Crippen LogP contribution in [0.4, 0.5) is 5.69 Å². The number of ether oxygens (including phenoxy) is 1. The van der Waals surface area contributed by atoms with Crippen LogP contribution in [-0.2, 0) is 4.74 Å². The summed E-state index contributed by atoms with van der Waals surface area (Å²) in [5.74, 6) is -0.455. The van der Waals surface area contributed by atoms with Crippen LogP contribution in [0.1, 0.15) is 46.9 Å².